The molecular weight excluding hydrogens is 480 g/mol. The average Bonchev–Trinajstić information content (AvgIpc) is 3.30. The van der Waals surface area contributed by atoms with Gasteiger partial charge in [0, 0.05) is 22.0 Å². The number of methoxy groups -OCH3 is 1. The molecule has 0 aromatic heterocycles. The molecule has 2 aliphatic rings. The Bertz CT molecular complexity index is 1150. The van der Waals surface area contributed by atoms with Crippen LogP contribution in [0.4, 0.5) is 0 Å². The fourth-order valence-electron chi connectivity index (χ4n) is 4.30. The van der Waals surface area contributed by atoms with Gasteiger partial charge in [0.1, 0.15) is 17.2 Å². The molecule has 0 bridgehead atoms. The minimum atomic E-state index is -0.302. The molecule has 2 heterocycles. The number of halogens is 1. The molecule has 6 heteroatoms. The fraction of sp³-hybridized carbons (Fsp3) is 0.296. The van der Waals surface area contributed by atoms with Crippen molar-refractivity contribution in [3.05, 3.63) is 87.9 Å². The van der Waals surface area contributed by atoms with Crippen LogP contribution in [-0.4, -0.2) is 24.4 Å². The van der Waals surface area contributed by atoms with Gasteiger partial charge in [-0.1, -0.05) is 29.3 Å². The third kappa shape index (κ3) is 4.44. The zero-order valence-corrected chi connectivity index (χ0v) is 20.4. The standard InChI is InChI=1S/C27H27BrN2O3/c1-3-4-15-32-22-12-7-19(8-13-22)27-30-25(23-16-20(28)9-14-26(23)33-27)17-24(29-30)18-5-10-21(31-2)11-6-18/h5-14,16,25,27H,3-4,15,17H2,1-2H3/t25-,27-/m0/s1. The molecule has 0 fully saturated rings. The Morgan fingerprint density at radius 1 is 1.03 bits per heavy atom. The molecule has 0 saturated heterocycles. The summed E-state index contributed by atoms with van der Waals surface area (Å²) in [4.78, 5) is 0. The highest BCUT2D eigenvalue weighted by atomic mass is 79.9. The van der Waals surface area contributed by atoms with E-state index in [-0.39, 0.29) is 12.3 Å². The van der Waals surface area contributed by atoms with E-state index in [0.29, 0.717) is 0 Å². The van der Waals surface area contributed by atoms with Gasteiger partial charge in [-0.3, -0.25) is 0 Å². The Morgan fingerprint density at radius 2 is 1.79 bits per heavy atom. The van der Waals surface area contributed by atoms with Gasteiger partial charge in [-0.15, -0.1) is 0 Å². The first kappa shape index (κ1) is 21.8. The van der Waals surface area contributed by atoms with E-state index in [9.17, 15) is 0 Å². The van der Waals surface area contributed by atoms with Gasteiger partial charge in [0.25, 0.3) is 0 Å². The van der Waals surface area contributed by atoms with Crippen molar-refractivity contribution in [3.63, 3.8) is 0 Å². The lowest BCUT2D eigenvalue weighted by atomic mass is 9.96. The minimum Gasteiger partial charge on any atom is -0.497 e. The van der Waals surface area contributed by atoms with E-state index in [2.05, 4.69) is 58.2 Å². The number of unbranched alkanes of at least 4 members (excludes halogenated alkanes) is 1. The van der Waals surface area contributed by atoms with Gasteiger partial charge in [-0.25, -0.2) is 5.01 Å². The smallest absolute Gasteiger partial charge is 0.213 e. The molecule has 170 valence electrons. The zero-order valence-electron chi connectivity index (χ0n) is 18.8. The van der Waals surface area contributed by atoms with E-state index in [0.717, 1.165) is 70.0 Å². The van der Waals surface area contributed by atoms with Crippen LogP contribution in [0, 0.1) is 0 Å². The first-order chi connectivity index (χ1) is 16.2. The predicted molar refractivity (Wildman–Crippen MR) is 133 cm³/mol. The van der Waals surface area contributed by atoms with Crippen molar-refractivity contribution in [3.8, 4) is 17.2 Å². The molecule has 2 aliphatic heterocycles. The summed E-state index contributed by atoms with van der Waals surface area (Å²) < 4.78 is 18.7. The molecule has 5 nitrogen and oxygen atoms in total. The summed E-state index contributed by atoms with van der Waals surface area (Å²) in [5.41, 5.74) is 4.34. The van der Waals surface area contributed by atoms with Crippen molar-refractivity contribution in [2.45, 2.75) is 38.5 Å². The molecule has 0 amide bonds. The van der Waals surface area contributed by atoms with Crippen LogP contribution in [-0.2, 0) is 0 Å². The van der Waals surface area contributed by atoms with Crippen LogP contribution in [0.5, 0.6) is 17.2 Å². The highest BCUT2D eigenvalue weighted by molar-refractivity contribution is 9.10. The average molecular weight is 507 g/mol. The van der Waals surface area contributed by atoms with Crippen molar-refractivity contribution in [2.24, 2.45) is 5.10 Å². The summed E-state index contributed by atoms with van der Waals surface area (Å²) >= 11 is 3.62. The second-order valence-corrected chi connectivity index (χ2v) is 9.21. The lowest BCUT2D eigenvalue weighted by Gasteiger charge is -2.38. The van der Waals surface area contributed by atoms with E-state index >= 15 is 0 Å². The lowest BCUT2D eigenvalue weighted by molar-refractivity contribution is -0.0191. The van der Waals surface area contributed by atoms with Crippen molar-refractivity contribution in [1.82, 2.24) is 5.01 Å². The molecule has 5 rings (SSSR count). The zero-order chi connectivity index (χ0) is 22.8. The highest BCUT2D eigenvalue weighted by Gasteiger charge is 2.41. The predicted octanol–water partition coefficient (Wildman–Crippen LogP) is 6.88. The number of nitrogens with zero attached hydrogens (tertiary/aromatic N) is 2. The third-order valence-electron chi connectivity index (χ3n) is 6.11. The van der Waals surface area contributed by atoms with Crippen LogP contribution in [0.2, 0.25) is 0 Å². The van der Waals surface area contributed by atoms with Gasteiger partial charge in [0.15, 0.2) is 0 Å². The van der Waals surface area contributed by atoms with E-state index < -0.39 is 0 Å². The third-order valence-corrected chi connectivity index (χ3v) is 6.60. The second kappa shape index (κ2) is 9.48. The van der Waals surface area contributed by atoms with Crippen LogP contribution in [0.1, 0.15) is 55.1 Å². The SMILES string of the molecule is CCCCOc1ccc([C@@H]2Oc3ccc(Br)cc3[C@@H]3CC(c4ccc(OC)cc4)=NN32)cc1. The van der Waals surface area contributed by atoms with Crippen molar-refractivity contribution in [1.29, 1.82) is 0 Å². The summed E-state index contributed by atoms with van der Waals surface area (Å²) in [6.07, 6.45) is 2.68. The van der Waals surface area contributed by atoms with E-state index in [1.54, 1.807) is 7.11 Å². The summed E-state index contributed by atoms with van der Waals surface area (Å²) in [7, 11) is 1.68. The highest BCUT2D eigenvalue weighted by Crippen LogP contribution is 2.48. The molecule has 3 aromatic rings. The number of hydrazone groups is 1. The number of hydrogen-bond donors (Lipinski definition) is 0. The van der Waals surface area contributed by atoms with Crippen molar-refractivity contribution in [2.75, 3.05) is 13.7 Å². The van der Waals surface area contributed by atoms with Crippen molar-refractivity contribution < 1.29 is 14.2 Å². The van der Waals surface area contributed by atoms with Crippen LogP contribution < -0.4 is 14.2 Å². The van der Waals surface area contributed by atoms with Gasteiger partial charge in [-0.05, 0) is 78.7 Å². The maximum atomic E-state index is 6.48. The lowest BCUT2D eigenvalue weighted by Crippen LogP contribution is -2.33. The van der Waals surface area contributed by atoms with E-state index in [1.165, 1.54) is 0 Å². The van der Waals surface area contributed by atoms with Crippen LogP contribution in [0.15, 0.2) is 76.3 Å². The molecule has 0 unspecified atom stereocenters. The number of hydrogen-bond acceptors (Lipinski definition) is 5. The summed E-state index contributed by atoms with van der Waals surface area (Å²) in [6, 6.07) is 22.6. The molecular formula is C27H27BrN2O3. The number of fused-ring (bicyclic) bond motifs is 3. The van der Waals surface area contributed by atoms with Gasteiger partial charge in [0.05, 0.1) is 25.5 Å². The van der Waals surface area contributed by atoms with Crippen molar-refractivity contribution >= 4 is 21.6 Å². The molecule has 0 aliphatic carbocycles. The molecule has 0 N–H and O–H groups in total. The normalized spacial score (nSPS) is 18.8. The molecule has 2 atom stereocenters. The maximum absolute atomic E-state index is 6.48. The monoisotopic (exact) mass is 506 g/mol. The van der Waals surface area contributed by atoms with Crippen LogP contribution in [0.3, 0.4) is 0 Å². The Hall–Kier alpha value is -2.99. The van der Waals surface area contributed by atoms with E-state index in [1.807, 2.05) is 36.4 Å². The molecule has 3 aromatic carbocycles. The van der Waals surface area contributed by atoms with Gasteiger partial charge < -0.3 is 14.2 Å². The summed E-state index contributed by atoms with van der Waals surface area (Å²) in [5.74, 6) is 2.62. The number of rotatable bonds is 7. The fourth-order valence-corrected chi connectivity index (χ4v) is 4.68. The Morgan fingerprint density at radius 3 is 2.52 bits per heavy atom. The Labute approximate surface area is 203 Å². The molecule has 0 saturated carbocycles. The van der Waals surface area contributed by atoms with Crippen LogP contribution in [0.25, 0.3) is 0 Å². The molecule has 33 heavy (non-hydrogen) atoms. The van der Waals surface area contributed by atoms with Gasteiger partial charge in [-0.2, -0.15) is 5.10 Å². The first-order valence-corrected chi connectivity index (χ1v) is 12.1. The van der Waals surface area contributed by atoms with Crippen LogP contribution >= 0.6 is 15.9 Å². The minimum absolute atomic E-state index is 0.105. The molecule has 0 spiro atoms. The Balaban J connectivity index is 1.47. The summed E-state index contributed by atoms with van der Waals surface area (Å²) in [6.45, 7) is 2.90. The second-order valence-electron chi connectivity index (χ2n) is 8.30. The quantitative estimate of drug-likeness (QED) is 0.327. The number of benzene rings is 3. The number of ether oxygens (including phenoxy) is 3. The maximum Gasteiger partial charge on any atom is 0.213 e. The first-order valence-electron chi connectivity index (χ1n) is 11.4. The van der Waals surface area contributed by atoms with Gasteiger partial charge >= 0.3 is 0 Å². The summed E-state index contributed by atoms with van der Waals surface area (Å²) in [5, 5.41) is 7.14. The molecule has 0 radical (unpaired) electrons. The van der Waals surface area contributed by atoms with Gasteiger partial charge in [0.2, 0.25) is 6.23 Å². The Kier molecular flexibility index (Phi) is 6.27. The van der Waals surface area contributed by atoms with E-state index in [4.69, 9.17) is 19.3 Å². The topological polar surface area (TPSA) is 43.3 Å². The largest absolute Gasteiger partial charge is 0.497 e.